The van der Waals surface area contributed by atoms with Gasteiger partial charge in [0.2, 0.25) is 0 Å². The van der Waals surface area contributed by atoms with Crippen molar-refractivity contribution in [2.45, 2.75) is 53.0 Å². The molecule has 0 saturated carbocycles. The average Bonchev–Trinajstić information content (AvgIpc) is 2.71. The van der Waals surface area contributed by atoms with Gasteiger partial charge in [0, 0.05) is 19.1 Å². The van der Waals surface area contributed by atoms with Crippen LogP contribution < -0.4 is 4.74 Å². The summed E-state index contributed by atoms with van der Waals surface area (Å²) < 4.78 is 11.2. The summed E-state index contributed by atoms with van der Waals surface area (Å²) in [5.74, 6) is 0.958. The monoisotopic (exact) mass is 361 g/mol. The molecule has 1 aliphatic rings. The summed E-state index contributed by atoms with van der Waals surface area (Å²) in [5.41, 5.74) is 0. The molecule has 1 fully saturated rings. The van der Waals surface area contributed by atoms with E-state index in [2.05, 4.69) is 32.3 Å². The smallest absolute Gasteiger partial charge is 0.119 e. The summed E-state index contributed by atoms with van der Waals surface area (Å²) in [7, 11) is 0. The number of unbranched alkanes of at least 4 members (excludes halogenated alkanes) is 1. The average molecular weight is 362 g/mol. The Kier molecular flexibility index (Phi) is 17.1. The molecule has 1 unspecified atom stereocenters. The molecule has 0 aliphatic carbocycles. The van der Waals surface area contributed by atoms with Gasteiger partial charge in [0.05, 0.1) is 13.2 Å². The van der Waals surface area contributed by atoms with Crippen LogP contribution in [0, 0.1) is 0 Å². The number of hydrogen-bond acceptors (Lipinski definition) is 3. The van der Waals surface area contributed by atoms with Crippen molar-refractivity contribution in [3.05, 3.63) is 55.1 Å². The molecule has 1 aromatic rings. The molecule has 1 heterocycles. The van der Waals surface area contributed by atoms with Crippen molar-refractivity contribution < 1.29 is 9.47 Å². The number of benzene rings is 1. The molecule has 3 heteroatoms. The van der Waals surface area contributed by atoms with Crippen LogP contribution in [0.15, 0.2) is 55.1 Å². The fourth-order valence-electron chi connectivity index (χ4n) is 2.27. The molecule has 0 N–H and O–H groups in total. The third-order valence-electron chi connectivity index (χ3n) is 4.05. The topological polar surface area (TPSA) is 21.7 Å². The van der Waals surface area contributed by atoms with Gasteiger partial charge < -0.3 is 9.47 Å². The van der Waals surface area contributed by atoms with Gasteiger partial charge in [0.1, 0.15) is 12.4 Å². The van der Waals surface area contributed by atoms with Gasteiger partial charge in [-0.15, -0.1) is 0 Å². The zero-order valence-corrected chi connectivity index (χ0v) is 17.3. The lowest BCUT2D eigenvalue weighted by Crippen LogP contribution is -2.45. The molecule has 148 valence electrons. The first-order chi connectivity index (χ1) is 12.7. The summed E-state index contributed by atoms with van der Waals surface area (Å²) in [6.45, 7) is 16.5. The molecule has 1 atom stereocenters. The molecule has 0 amide bonds. The Bertz CT molecular complexity index is 437. The second-order valence-electron chi connectivity index (χ2n) is 6.10. The van der Waals surface area contributed by atoms with Crippen molar-refractivity contribution in [1.82, 2.24) is 4.90 Å². The maximum atomic E-state index is 5.83. The summed E-state index contributed by atoms with van der Waals surface area (Å²) in [6, 6.07) is 10.5. The zero-order valence-electron chi connectivity index (χ0n) is 17.3. The van der Waals surface area contributed by atoms with Crippen LogP contribution in [0.25, 0.3) is 0 Å². The van der Waals surface area contributed by atoms with Crippen LogP contribution in [0.3, 0.4) is 0 Å². The highest BCUT2D eigenvalue weighted by molar-refractivity contribution is 5.20. The lowest BCUT2D eigenvalue weighted by atomic mass is 10.2. The Morgan fingerprint density at radius 3 is 2.15 bits per heavy atom. The Morgan fingerprint density at radius 1 is 1.12 bits per heavy atom. The van der Waals surface area contributed by atoms with Crippen LogP contribution in [0.1, 0.15) is 47.0 Å². The van der Waals surface area contributed by atoms with Crippen molar-refractivity contribution in [3.63, 3.8) is 0 Å². The van der Waals surface area contributed by atoms with Gasteiger partial charge in [0.15, 0.2) is 0 Å². The first-order valence-corrected chi connectivity index (χ1v) is 9.96. The third kappa shape index (κ3) is 12.7. The van der Waals surface area contributed by atoms with Crippen molar-refractivity contribution in [3.8, 4) is 5.75 Å². The fourth-order valence-corrected chi connectivity index (χ4v) is 2.27. The van der Waals surface area contributed by atoms with E-state index >= 15 is 0 Å². The van der Waals surface area contributed by atoms with Gasteiger partial charge in [-0.3, -0.25) is 4.90 Å². The summed E-state index contributed by atoms with van der Waals surface area (Å²) >= 11 is 0. The van der Waals surface area contributed by atoms with Gasteiger partial charge in [0.25, 0.3) is 0 Å². The van der Waals surface area contributed by atoms with E-state index in [9.17, 15) is 0 Å². The number of nitrogens with zero attached hydrogens (tertiary/aromatic N) is 1. The largest absolute Gasteiger partial charge is 0.492 e. The van der Waals surface area contributed by atoms with Gasteiger partial charge >= 0.3 is 0 Å². The molecule has 1 aromatic carbocycles. The molecule has 0 aromatic heterocycles. The summed E-state index contributed by atoms with van der Waals surface area (Å²) in [6.07, 6.45) is 9.33. The maximum Gasteiger partial charge on any atom is 0.119 e. The van der Waals surface area contributed by atoms with E-state index in [1.807, 2.05) is 49.4 Å². The minimum atomic E-state index is 0.499. The Hall–Kier alpha value is -1.58. The van der Waals surface area contributed by atoms with E-state index in [1.165, 1.54) is 12.8 Å². The van der Waals surface area contributed by atoms with Crippen molar-refractivity contribution in [2.24, 2.45) is 0 Å². The van der Waals surface area contributed by atoms with Gasteiger partial charge in [-0.25, -0.2) is 0 Å². The quantitative estimate of drug-likeness (QED) is 0.579. The number of ether oxygens (including phenoxy) is 2. The fraction of sp³-hybridized carbons (Fsp3) is 0.565. The molecular formula is C23H39NO2. The van der Waals surface area contributed by atoms with E-state index < -0.39 is 0 Å². The minimum Gasteiger partial charge on any atom is -0.492 e. The van der Waals surface area contributed by atoms with Gasteiger partial charge in [-0.2, -0.15) is 0 Å². The zero-order chi connectivity index (χ0) is 19.5. The van der Waals surface area contributed by atoms with Crippen LogP contribution in [0.5, 0.6) is 5.75 Å². The summed E-state index contributed by atoms with van der Waals surface area (Å²) in [4.78, 5) is 2.46. The third-order valence-corrected chi connectivity index (χ3v) is 4.05. The molecule has 0 bridgehead atoms. The SMILES string of the molecule is C=C/C=C\C.CCC(COc1ccccc1)N1CCOCC1.CCCC. The first-order valence-electron chi connectivity index (χ1n) is 9.96. The molecule has 1 aliphatic heterocycles. The predicted molar refractivity (Wildman–Crippen MR) is 114 cm³/mol. The van der Waals surface area contributed by atoms with Crippen molar-refractivity contribution in [1.29, 1.82) is 0 Å². The molecule has 3 nitrogen and oxygen atoms in total. The normalized spacial score (nSPS) is 15.2. The second-order valence-corrected chi connectivity index (χ2v) is 6.10. The maximum absolute atomic E-state index is 5.83. The molecule has 26 heavy (non-hydrogen) atoms. The van der Waals surface area contributed by atoms with E-state index in [0.717, 1.165) is 45.1 Å². The Labute approximate surface area is 161 Å². The molecule has 0 radical (unpaired) electrons. The standard InChI is InChI=1S/C14H21NO2.C5H8.C4H10/c1-2-13(15-8-10-16-11-9-15)12-17-14-6-4-3-5-7-14;1-3-5-4-2;1-3-4-2/h3-7,13H,2,8-12H2,1H3;3-5H,1H2,2H3;3-4H2,1-2H3/b;5-4-;. The van der Waals surface area contributed by atoms with Crippen LogP contribution >= 0.6 is 0 Å². The van der Waals surface area contributed by atoms with E-state index in [4.69, 9.17) is 9.47 Å². The van der Waals surface area contributed by atoms with E-state index in [0.29, 0.717) is 6.04 Å². The molecular weight excluding hydrogens is 322 g/mol. The molecule has 2 rings (SSSR count). The van der Waals surface area contributed by atoms with E-state index in [-0.39, 0.29) is 0 Å². The molecule has 0 spiro atoms. The number of para-hydroxylation sites is 1. The lowest BCUT2D eigenvalue weighted by Gasteiger charge is -2.33. The van der Waals surface area contributed by atoms with Crippen LogP contribution in [-0.2, 0) is 4.74 Å². The number of morpholine rings is 1. The van der Waals surface area contributed by atoms with Gasteiger partial charge in [-0.1, -0.05) is 76.6 Å². The highest BCUT2D eigenvalue weighted by Crippen LogP contribution is 2.12. The number of rotatable bonds is 7. The van der Waals surface area contributed by atoms with Crippen molar-refractivity contribution >= 4 is 0 Å². The highest BCUT2D eigenvalue weighted by Gasteiger charge is 2.19. The van der Waals surface area contributed by atoms with Crippen molar-refractivity contribution in [2.75, 3.05) is 32.9 Å². The van der Waals surface area contributed by atoms with E-state index in [1.54, 1.807) is 6.08 Å². The lowest BCUT2D eigenvalue weighted by molar-refractivity contribution is 0.00516. The second kappa shape index (κ2) is 18.2. The Morgan fingerprint density at radius 2 is 1.73 bits per heavy atom. The first kappa shape index (κ1) is 24.4. The minimum absolute atomic E-state index is 0.499. The van der Waals surface area contributed by atoms with Crippen LogP contribution in [0.2, 0.25) is 0 Å². The van der Waals surface area contributed by atoms with Gasteiger partial charge in [-0.05, 0) is 25.5 Å². The number of hydrogen-bond donors (Lipinski definition) is 0. The van der Waals surface area contributed by atoms with Crippen LogP contribution in [0.4, 0.5) is 0 Å². The highest BCUT2D eigenvalue weighted by atomic mass is 16.5. The Balaban J connectivity index is 0.000000582. The predicted octanol–water partition coefficient (Wildman–Crippen LogP) is 5.73. The van der Waals surface area contributed by atoms with Crippen LogP contribution in [-0.4, -0.2) is 43.9 Å². The molecule has 1 saturated heterocycles. The summed E-state index contributed by atoms with van der Waals surface area (Å²) in [5, 5.41) is 0. The number of allylic oxidation sites excluding steroid dienone is 3.